The van der Waals surface area contributed by atoms with Crippen LogP contribution in [0.5, 0.6) is 5.75 Å². The normalized spacial score (nSPS) is 23.3. The minimum absolute atomic E-state index is 0.149. The highest BCUT2D eigenvalue weighted by molar-refractivity contribution is 7.19. The zero-order valence-electron chi connectivity index (χ0n) is 16.4. The molecule has 3 unspecified atom stereocenters. The number of amides is 1. The van der Waals surface area contributed by atoms with E-state index < -0.39 is 5.97 Å². The molecule has 3 N–H and O–H groups in total. The molecule has 9 heteroatoms. The summed E-state index contributed by atoms with van der Waals surface area (Å²) in [5.41, 5.74) is 7.25. The van der Waals surface area contributed by atoms with E-state index in [2.05, 4.69) is 21.2 Å². The average Bonchev–Trinajstić information content (AvgIpc) is 3.37. The third kappa shape index (κ3) is 3.85. The number of methoxy groups -OCH3 is 2. The van der Waals surface area contributed by atoms with Gasteiger partial charge in [0, 0.05) is 17.5 Å². The largest absolute Gasteiger partial charge is 0.496 e. The SMILES string of the molecule is COC(=O)c1nc(NC(=O)C2NNC3CCCCC32)sc1-c1ccccc1OC. The Morgan fingerprint density at radius 1 is 1.17 bits per heavy atom. The third-order valence-corrected chi connectivity index (χ3v) is 6.55. The van der Waals surface area contributed by atoms with Gasteiger partial charge in [0.2, 0.25) is 5.91 Å². The second-order valence-electron chi connectivity index (χ2n) is 7.20. The molecule has 0 bridgehead atoms. The Morgan fingerprint density at radius 2 is 1.97 bits per heavy atom. The molecular weight excluding hydrogens is 392 g/mol. The van der Waals surface area contributed by atoms with Crippen LogP contribution in [0.1, 0.15) is 36.2 Å². The number of esters is 1. The zero-order valence-corrected chi connectivity index (χ0v) is 17.2. The van der Waals surface area contributed by atoms with E-state index in [9.17, 15) is 9.59 Å². The number of anilines is 1. The van der Waals surface area contributed by atoms with Gasteiger partial charge < -0.3 is 14.8 Å². The Kier molecular flexibility index (Phi) is 5.79. The number of nitrogens with zero attached hydrogens (tertiary/aromatic N) is 1. The fourth-order valence-corrected chi connectivity index (χ4v) is 5.09. The monoisotopic (exact) mass is 416 g/mol. The van der Waals surface area contributed by atoms with Crippen LogP contribution in [0.3, 0.4) is 0 Å². The van der Waals surface area contributed by atoms with Gasteiger partial charge in [-0.05, 0) is 25.0 Å². The molecule has 0 spiro atoms. The molecule has 2 fully saturated rings. The highest BCUT2D eigenvalue weighted by atomic mass is 32.1. The van der Waals surface area contributed by atoms with Gasteiger partial charge in [-0.3, -0.25) is 10.2 Å². The Balaban J connectivity index is 1.61. The van der Waals surface area contributed by atoms with Crippen LogP contribution < -0.4 is 20.9 Å². The first kappa shape index (κ1) is 19.8. The first-order valence-corrected chi connectivity index (χ1v) is 10.5. The summed E-state index contributed by atoms with van der Waals surface area (Å²) in [4.78, 5) is 30.1. The van der Waals surface area contributed by atoms with Gasteiger partial charge in [-0.25, -0.2) is 15.2 Å². The van der Waals surface area contributed by atoms with Crippen molar-refractivity contribution >= 4 is 28.3 Å². The van der Waals surface area contributed by atoms with Crippen LogP contribution in [0.25, 0.3) is 10.4 Å². The topological polar surface area (TPSA) is 102 Å². The molecule has 0 radical (unpaired) electrons. The second kappa shape index (κ2) is 8.48. The van der Waals surface area contributed by atoms with Crippen LogP contribution in [0, 0.1) is 5.92 Å². The number of carbonyl (C=O) groups excluding carboxylic acids is 2. The number of hydrazine groups is 1. The number of hydrogen-bond acceptors (Lipinski definition) is 8. The lowest BCUT2D eigenvalue weighted by atomic mass is 9.81. The Bertz CT molecular complexity index is 916. The van der Waals surface area contributed by atoms with Gasteiger partial charge in [0.05, 0.1) is 19.1 Å². The molecule has 1 saturated carbocycles. The van der Waals surface area contributed by atoms with Gasteiger partial charge in [0.25, 0.3) is 0 Å². The zero-order chi connectivity index (χ0) is 20.4. The van der Waals surface area contributed by atoms with Crippen LogP contribution in [-0.4, -0.2) is 43.2 Å². The molecular formula is C20H24N4O4S. The summed E-state index contributed by atoms with van der Waals surface area (Å²) < 4.78 is 10.3. The van der Waals surface area contributed by atoms with Gasteiger partial charge in [-0.1, -0.05) is 36.3 Å². The summed E-state index contributed by atoms with van der Waals surface area (Å²) in [5.74, 6) is 0.169. The number of aromatic nitrogens is 1. The standard InChI is InChI=1S/C20H24N4O4S/c1-27-14-10-6-4-8-12(14)17-16(19(26)28-2)21-20(29-17)22-18(25)15-11-7-3-5-9-13(11)23-24-15/h4,6,8,10-11,13,15,23-24H,3,5,7,9H2,1-2H3,(H,21,22,25). The molecule has 1 saturated heterocycles. The van der Waals surface area contributed by atoms with E-state index in [0.29, 0.717) is 21.8 Å². The minimum Gasteiger partial charge on any atom is -0.496 e. The number of rotatable bonds is 5. The van der Waals surface area contributed by atoms with Crippen LogP contribution in [0.4, 0.5) is 5.13 Å². The van der Waals surface area contributed by atoms with E-state index in [4.69, 9.17) is 9.47 Å². The molecule has 2 aliphatic rings. The molecule has 29 heavy (non-hydrogen) atoms. The van der Waals surface area contributed by atoms with E-state index in [0.717, 1.165) is 24.8 Å². The molecule has 1 aromatic carbocycles. The van der Waals surface area contributed by atoms with Crippen molar-refractivity contribution in [3.63, 3.8) is 0 Å². The Labute approximate surface area is 173 Å². The molecule has 1 aliphatic heterocycles. The summed E-state index contributed by atoms with van der Waals surface area (Å²) in [6.45, 7) is 0. The summed E-state index contributed by atoms with van der Waals surface area (Å²) in [7, 11) is 2.88. The van der Waals surface area contributed by atoms with Crippen molar-refractivity contribution in [3.05, 3.63) is 30.0 Å². The van der Waals surface area contributed by atoms with Gasteiger partial charge >= 0.3 is 5.97 Å². The van der Waals surface area contributed by atoms with E-state index in [1.54, 1.807) is 7.11 Å². The van der Waals surface area contributed by atoms with Crippen molar-refractivity contribution in [2.45, 2.75) is 37.8 Å². The smallest absolute Gasteiger partial charge is 0.358 e. The number of para-hydroxylation sites is 1. The molecule has 4 rings (SSSR count). The molecule has 1 aliphatic carbocycles. The molecule has 8 nitrogen and oxygen atoms in total. The summed E-state index contributed by atoms with van der Waals surface area (Å²) in [6.07, 6.45) is 4.40. The lowest BCUT2D eigenvalue weighted by Gasteiger charge is -2.26. The van der Waals surface area contributed by atoms with E-state index in [-0.39, 0.29) is 23.6 Å². The molecule has 154 valence electrons. The molecule has 3 atom stereocenters. The van der Waals surface area contributed by atoms with E-state index in [1.807, 2.05) is 24.3 Å². The fourth-order valence-electron chi connectivity index (χ4n) is 4.11. The van der Waals surface area contributed by atoms with Crippen molar-refractivity contribution in [1.82, 2.24) is 15.8 Å². The maximum atomic E-state index is 12.9. The number of fused-ring (bicyclic) bond motifs is 1. The Hall–Kier alpha value is -2.49. The number of benzene rings is 1. The average molecular weight is 417 g/mol. The van der Waals surface area contributed by atoms with Crippen molar-refractivity contribution in [2.75, 3.05) is 19.5 Å². The van der Waals surface area contributed by atoms with Gasteiger partial charge in [0.15, 0.2) is 10.8 Å². The van der Waals surface area contributed by atoms with Gasteiger partial charge in [-0.2, -0.15) is 0 Å². The van der Waals surface area contributed by atoms with E-state index >= 15 is 0 Å². The molecule has 2 aromatic rings. The predicted octanol–water partition coefficient (Wildman–Crippen LogP) is 2.58. The van der Waals surface area contributed by atoms with Crippen molar-refractivity contribution < 1.29 is 19.1 Å². The lowest BCUT2D eigenvalue weighted by Crippen LogP contribution is -2.42. The summed E-state index contributed by atoms with van der Waals surface area (Å²) in [6, 6.07) is 7.37. The van der Waals surface area contributed by atoms with Crippen molar-refractivity contribution in [2.24, 2.45) is 5.92 Å². The van der Waals surface area contributed by atoms with Crippen LogP contribution in [0.2, 0.25) is 0 Å². The fraction of sp³-hybridized carbons (Fsp3) is 0.450. The maximum absolute atomic E-state index is 12.9. The number of nitrogens with one attached hydrogen (secondary N) is 3. The van der Waals surface area contributed by atoms with Crippen LogP contribution in [0.15, 0.2) is 24.3 Å². The number of ether oxygens (including phenoxy) is 2. The highest BCUT2D eigenvalue weighted by Gasteiger charge is 2.41. The quantitative estimate of drug-likeness (QED) is 0.644. The number of thiazole rings is 1. The summed E-state index contributed by atoms with van der Waals surface area (Å²) in [5, 5.41) is 3.24. The first-order chi connectivity index (χ1) is 14.1. The number of carbonyl (C=O) groups is 2. The lowest BCUT2D eigenvalue weighted by molar-refractivity contribution is -0.118. The number of hydrogen-bond donors (Lipinski definition) is 3. The Morgan fingerprint density at radius 3 is 2.76 bits per heavy atom. The minimum atomic E-state index is -0.560. The molecule has 1 aromatic heterocycles. The van der Waals surface area contributed by atoms with Gasteiger partial charge in [0.1, 0.15) is 11.8 Å². The molecule has 2 heterocycles. The van der Waals surface area contributed by atoms with Crippen LogP contribution in [-0.2, 0) is 9.53 Å². The second-order valence-corrected chi connectivity index (χ2v) is 8.20. The van der Waals surface area contributed by atoms with Crippen molar-refractivity contribution in [3.8, 4) is 16.2 Å². The van der Waals surface area contributed by atoms with E-state index in [1.165, 1.54) is 24.9 Å². The summed E-state index contributed by atoms with van der Waals surface area (Å²) >= 11 is 1.23. The molecule has 1 amide bonds. The maximum Gasteiger partial charge on any atom is 0.358 e. The third-order valence-electron chi connectivity index (χ3n) is 5.54. The predicted molar refractivity (Wildman–Crippen MR) is 110 cm³/mol. The first-order valence-electron chi connectivity index (χ1n) is 9.66. The highest BCUT2D eigenvalue weighted by Crippen LogP contribution is 2.39. The van der Waals surface area contributed by atoms with Crippen LogP contribution >= 0.6 is 11.3 Å². The van der Waals surface area contributed by atoms with Gasteiger partial charge in [-0.15, -0.1) is 0 Å². The van der Waals surface area contributed by atoms with Crippen molar-refractivity contribution in [1.29, 1.82) is 0 Å².